The summed E-state index contributed by atoms with van der Waals surface area (Å²) >= 11 is 7.59. The highest BCUT2D eigenvalue weighted by atomic mass is 35.5. The summed E-state index contributed by atoms with van der Waals surface area (Å²) in [5.41, 5.74) is 2.01. The Balaban J connectivity index is 1.71. The predicted molar refractivity (Wildman–Crippen MR) is 99.5 cm³/mol. The van der Waals surface area contributed by atoms with Crippen LogP contribution in [0, 0.1) is 6.92 Å². The van der Waals surface area contributed by atoms with Gasteiger partial charge in [0, 0.05) is 15.5 Å². The second-order valence-corrected chi connectivity index (χ2v) is 7.87. The predicted octanol–water partition coefficient (Wildman–Crippen LogP) is 4.09. The Morgan fingerprint density at radius 1 is 1.38 bits per heavy atom. The number of amides is 1. The second kappa shape index (κ2) is 7.64. The van der Waals surface area contributed by atoms with Gasteiger partial charge in [-0.05, 0) is 45.4 Å². The number of carbonyl (C=O) groups excluding carboxylic acids is 1. The van der Waals surface area contributed by atoms with Crippen molar-refractivity contribution in [1.82, 2.24) is 15.6 Å². The summed E-state index contributed by atoms with van der Waals surface area (Å²) < 4.78 is 0. The number of carbonyl (C=O) groups is 1. The molecule has 0 spiro atoms. The highest BCUT2D eigenvalue weighted by molar-refractivity contribution is 7.12. The molecule has 4 nitrogen and oxygen atoms in total. The van der Waals surface area contributed by atoms with Crippen LogP contribution in [-0.4, -0.2) is 23.5 Å². The van der Waals surface area contributed by atoms with Crippen LogP contribution in [0.25, 0.3) is 11.3 Å². The Labute approximate surface area is 151 Å². The van der Waals surface area contributed by atoms with E-state index in [2.05, 4.69) is 17.6 Å². The Kier molecular flexibility index (Phi) is 5.54. The Bertz CT molecular complexity index is 708. The second-order valence-electron chi connectivity index (χ2n) is 6.20. The highest BCUT2D eigenvalue weighted by Gasteiger charge is 2.23. The normalized spacial score (nSPS) is 19.0. The van der Waals surface area contributed by atoms with E-state index in [4.69, 9.17) is 16.6 Å². The van der Waals surface area contributed by atoms with Gasteiger partial charge in [0.15, 0.2) is 0 Å². The van der Waals surface area contributed by atoms with Gasteiger partial charge in [-0.25, -0.2) is 4.98 Å². The van der Waals surface area contributed by atoms with E-state index in [1.165, 1.54) is 0 Å². The Morgan fingerprint density at radius 2 is 2.12 bits per heavy atom. The maximum absolute atomic E-state index is 12.4. The number of thiazole rings is 1. The van der Waals surface area contributed by atoms with Crippen molar-refractivity contribution in [3.8, 4) is 11.3 Å². The van der Waals surface area contributed by atoms with E-state index in [-0.39, 0.29) is 18.0 Å². The monoisotopic (exact) mass is 363 g/mol. The summed E-state index contributed by atoms with van der Waals surface area (Å²) in [6, 6.07) is 7.53. The topological polar surface area (TPSA) is 54.0 Å². The molecule has 128 valence electrons. The van der Waals surface area contributed by atoms with Gasteiger partial charge < -0.3 is 10.6 Å². The van der Waals surface area contributed by atoms with Gasteiger partial charge in [0.2, 0.25) is 5.91 Å². The van der Waals surface area contributed by atoms with Crippen LogP contribution in [0.4, 0.5) is 0 Å². The van der Waals surface area contributed by atoms with E-state index in [9.17, 15) is 4.79 Å². The smallest absolute Gasteiger partial charge is 0.237 e. The van der Waals surface area contributed by atoms with Crippen molar-refractivity contribution in [2.75, 3.05) is 6.54 Å². The average Bonchev–Trinajstić information content (AvgIpc) is 2.98. The molecule has 6 heteroatoms. The minimum absolute atomic E-state index is 0.0713. The number of hydrogen-bond acceptors (Lipinski definition) is 4. The lowest BCUT2D eigenvalue weighted by Gasteiger charge is -2.24. The van der Waals surface area contributed by atoms with Crippen molar-refractivity contribution in [2.45, 2.75) is 45.2 Å². The number of aryl methyl sites for hydroxylation is 1. The first-order chi connectivity index (χ1) is 11.5. The molecule has 1 fully saturated rings. The molecular formula is C18H22ClN3OS. The molecule has 2 N–H and O–H groups in total. The molecule has 1 aromatic carbocycles. The van der Waals surface area contributed by atoms with Crippen molar-refractivity contribution >= 4 is 28.8 Å². The summed E-state index contributed by atoms with van der Waals surface area (Å²) in [5.74, 6) is 0.0723. The first-order valence-corrected chi connectivity index (χ1v) is 9.51. The molecule has 2 aromatic rings. The van der Waals surface area contributed by atoms with Crippen LogP contribution in [-0.2, 0) is 4.79 Å². The van der Waals surface area contributed by atoms with Crippen molar-refractivity contribution < 1.29 is 4.79 Å². The standard InChI is InChI=1S/C18H22ClN3OS/c1-11(21-17(23)15-5-3-4-10-20-15)18-22-16(12(2)24-18)13-6-8-14(19)9-7-13/h6-9,11,15,20H,3-5,10H2,1-2H3,(H,21,23). The third-order valence-electron chi connectivity index (χ3n) is 4.29. The largest absolute Gasteiger partial charge is 0.346 e. The molecule has 0 saturated carbocycles. The van der Waals surface area contributed by atoms with Crippen molar-refractivity contribution in [3.63, 3.8) is 0 Å². The first kappa shape index (κ1) is 17.4. The average molecular weight is 364 g/mol. The highest BCUT2D eigenvalue weighted by Crippen LogP contribution is 2.31. The van der Waals surface area contributed by atoms with Crippen molar-refractivity contribution in [1.29, 1.82) is 0 Å². The lowest BCUT2D eigenvalue weighted by atomic mass is 10.0. The Hall–Kier alpha value is -1.43. The van der Waals surface area contributed by atoms with E-state index < -0.39 is 0 Å². The molecule has 0 aliphatic carbocycles. The van der Waals surface area contributed by atoms with E-state index in [0.717, 1.165) is 46.9 Å². The van der Waals surface area contributed by atoms with Gasteiger partial charge in [0.25, 0.3) is 0 Å². The maximum Gasteiger partial charge on any atom is 0.237 e. The SMILES string of the molecule is Cc1sc(C(C)NC(=O)C2CCCCN2)nc1-c1ccc(Cl)cc1. The van der Waals surface area contributed by atoms with Gasteiger partial charge in [-0.3, -0.25) is 4.79 Å². The number of halogens is 1. The minimum Gasteiger partial charge on any atom is -0.346 e. The third-order valence-corrected chi connectivity index (χ3v) is 5.69. The van der Waals surface area contributed by atoms with E-state index in [0.29, 0.717) is 5.02 Å². The van der Waals surface area contributed by atoms with Crippen LogP contribution in [0.15, 0.2) is 24.3 Å². The Morgan fingerprint density at radius 3 is 2.79 bits per heavy atom. The maximum atomic E-state index is 12.4. The fraction of sp³-hybridized carbons (Fsp3) is 0.444. The lowest BCUT2D eigenvalue weighted by Crippen LogP contribution is -2.47. The molecular weight excluding hydrogens is 342 g/mol. The van der Waals surface area contributed by atoms with Gasteiger partial charge in [0.1, 0.15) is 5.01 Å². The number of benzene rings is 1. The fourth-order valence-corrected chi connectivity index (χ4v) is 4.00. The van der Waals surface area contributed by atoms with Crippen molar-refractivity contribution in [2.24, 2.45) is 0 Å². The van der Waals surface area contributed by atoms with Crippen LogP contribution >= 0.6 is 22.9 Å². The summed E-state index contributed by atoms with van der Waals surface area (Å²) in [4.78, 5) is 18.3. The van der Waals surface area contributed by atoms with Crippen molar-refractivity contribution in [3.05, 3.63) is 39.2 Å². The van der Waals surface area contributed by atoms with Crippen LogP contribution in [0.1, 0.15) is 42.1 Å². The number of piperidine rings is 1. The molecule has 0 radical (unpaired) electrons. The summed E-state index contributed by atoms with van der Waals surface area (Å²) in [5, 5.41) is 8.02. The van der Waals surface area contributed by atoms with Gasteiger partial charge in [0.05, 0.1) is 17.8 Å². The number of nitrogens with one attached hydrogen (secondary N) is 2. The molecule has 24 heavy (non-hydrogen) atoms. The lowest BCUT2D eigenvalue weighted by molar-refractivity contribution is -0.124. The molecule has 2 atom stereocenters. The summed E-state index contributed by atoms with van der Waals surface area (Å²) in [7, 11) is 0. The van der Waals surface area contributed by atoms with Crippen LogP contribution in [0.2, 0.25) is 5.02 Å². The van der Waals surface area contributed by atoms with Gasteiger partial charge >= 0.3 is 0 Å². The summed E-state index contributed by atoms with van der Waals surface area (Å²) in [6.45, 7) is 4.97. The molecule has 3 rings (SSSR count). The zero-order valence-electron chi connectivity index (χ0n) is 13.9. The number of hydrogen-bond donors (Lipinski definition) is 2. The van der Waals surface area contributed by atoms with Crippen LogP contribution in [0.3, 0.4) is 0 Å². The molecule has 1 aromatic heterocycles. The molecule has 2 unspecified atom stereocenters. The molecule has 1 aliphatic heterocycles. The number of aromatic nitrogens is 1. The van der Waals surface area contributed by atoms with Crippen LogP contribution < -0.4 is 10.6 Å². The fourth-order valence-electron chi connectivity index (χ4n) is 2.93. The zero-order valence-corrected chi connectivity index (χ0v) is 15.5. The van der Waals surface area contributed by atoms with Gasteiger partial charge in [-0.15, -0.1) is 11.3 Å². The molecule has 1 amide bonds. The summed E-state index contributed by atoms with van der Waals surface area (Å²) in [6.07, 6.45) is 3.16. The van der Waals surface area contributed by atoms with Gasteiger partial charge in [-0.1, -0.05) is 30.2 Å². The van der Waals surface area contributed by atoms with E-state index >= 15 is 0 Å². The third kappa shape index (κ3) is 3.97. The number of rotatable bonds is 4. The molecule has 2 heterocycles. The van der Waals surface area contributed by atoms with E-state index in [1.54, 1.807) is 11.3 Å². The first-order valence-electron chi connectivity index (χ1n) is 8.31. The molecule has 1 saturated heterocycles. The quantitative estimate of drug-likeness (QED) is 0.860. The van der Waals surface area contributed by atoms with Gasteiger partial charge in [-0.2, -0.15) is 0 Å². The van der Waals surface area contributed by atoms with Crippen LogP contribution in [0.5, 0.6) is 0 Å². The number of nitrogens with zero attached hydrogens (tertiary/aromatic N) is 1. The zero-order chi connectivity index (χ0) is 17.1. The van der Waals surface area contributed by atoms with E-state index in [1.807, 2.05) is 31.2 Å². The molecule has 1 aliphatic rings. The molecule has 0 bridgehead atoms. The minimum atomic E-state index is -0.0917.